The van der Waals surface area contributed by atoms with Crippen LogP contribution < -0.4 is 5.73 Å². The van der Waals surface area contributed by atoms with Gasteiger partial charge < -0.3 is 10.5 Å². The zero-order valence-corrected chi connectivity index (χ0v) is 10.3. The highest BCUT2D eigenvalue weighted by Crippen LogP contribution is 2.52. The van der Waals surface area contributed by atoms with E-state index >= 15 is 0 Å². The Labute approximate surface area is 106 Å². The molecular formula is C13H15ClN2O. The second-order valence-corrected chi connectivity index (χ2v) is 5.36. The highest BCUT2D eigenvalue weighted by molar-refractivity contribution is 6.30. The Hall–Kier alpha value is -1.22. The third-order valence-corrected chi connectivity index (χ3v) is 3.92. The van der Waals surface area contributed by atoms with Gasteiger partial charge in [-0.25, -0.2) is 4.99 Å². The van der Waals surface area contributed by atoms with Crippen LogP contribution in [0.15, 0.2) is 29.3 Å². The molecule has 1 aromatic carbocycles. The largest absolute Gasteiger partial charge is 0.463 e. The van der Waals surface area contributed by atoms with Crippen LogP contribution in [0, 0.1) is 0 Å². The van der Waals surface area contributed by atoms with E-state index < -0.39 is 0 Å². The number of halogens is 1. The number of hydrogen-bond donors (Lipinski definition) is 1. The molecule has 1 aliphatic heterocycles. The highest BCUT2D eigenvalue weighted by Gasteiger charge is 2.46. The van der Waals surface area contributed by atoms with Crippen molar-refractivity contribution in [2.24, 2.45) is 10.7 Å². The molecule has 4 heteroatoms. The Balaban J connectivity index is 1.76. The van der Waals surface area contributed by atoms with Crippen LogP contribution >= 0.6 is 11.6 Å². The Kier molecular flexibility index (Phi) is 2.51. The molecule has 1 heterocycles. The number of nitrogens with two attached hydrogens (primary N) is 1. The van der Waals surface area contributed by atoms with Gasteiger partial charge in [0.15, 0.2) is 0 Å². The van der Waals surface area contributed by atoms with Gasteiger partial charge in [-0.15, -0.1) is 0 Å². The molecular weight excluding hydrogens is 236 g/mol. The summed E-state index contributed by atoms with van der Waals surface area (Å²) in [4.78, 5) is 4.30. The summed E-state index contributed by atoms with van der Waals surface area (Å²) in [6, 6.07) is 8.71. The second kappa shape index (κ2) is 3.91. The maximum atomic E-state index is 5.91. The van der Waals surface area contributed by atoms with Crippen LogP contribution in [0.5, 0.6) is 0 Å². The number of amidine groups is 1. The molecule has 1 unspecified atom stereocenters. The lowest BCUT2D eigenvalue weighted by Gasteiger charge is -2.17. The zero-order chi connectivity index (χ0) is 11.9. The van der Waals surface area contributed by atoms with E-state index in [4.69, 9.17) is 22.1 Å². The van der Waals surface area contributed by atoms with E-state index in [1.807, 2.05) is 12.1 Å². The Morgan fingerprint density at radius 2 is 2.06 bits per heavy atom. The van der Waals surface area contributed by atoms with Crippen molar-refractivity contribution in [2.45, 2.75) is 30.7 Å². The topological polar surface area (TPSA) is 47.6 Å². The summed E-state index contributed by atoms with van der Waals surface area (Å²) in [5.41, 5.74) is 7.18. The van der Waals surface area contributed by atoms with Gasteiger partial charge in [0.2, 0.25) is 0 Å². The fourth-order valence-corrected chi connectivity index (χ4v) is 2.68. The fraction of sp³-hybridized carbons (Fsp3) is 0.462. The number of ether oxygens (including phenoxy) is 1. The van der Waals surface area contributed by atoms with Crippen LogP contribution in [0.4, 0.5) is 0 Å². The number of rotatable bonds is 3. The molecule has 1 aromatic rings. The normalized spacial score (nSPS) is 25.2. The van der Waals surface area contributed by atoms with Crippen molar-refractivity contribution in [2.75, 3.05) is 6.61 Å². The van der Waals surface area contributed by atoms with Crippen molar-refractivity contribution in [3.63, 3.8) is 0 Å². The van der Waals surface area contributed by atoms with Crippen molar-refractivity contribution in [3.8, 4) is 0 Å². The van der Waals surface area contributed by atoms with Crippen molar-refractivity contribution in [1.82, 2.24) is 0 Å². The third kappa shape index (κ3) is 2.12. The minimum atomic E-state index is 0.216. The van der Waals surface area contributed by atoms with E-state index in [1.54, 1.807) is 0 Å². The van der Waals surface area contributed by atoms with E-state index in [0.29, 0.717) is 12.6 Å². The first-order chi connectivity index (χ1) is 8.18. The van der Waals surface area contributed by atoms with E-state index in [-0.39, 0.29) is 11.5 Å². The molecule has 3 nitrogen and oxygen atoms in total. The summed E-state index contributed by atoms with van der Waals surface area (Å²) in [7, 11) is 0. The monoisotopic (exact) mass is 250 g/mol. The molecule has 0 saturated heterocycles. The van der Waals surface area contributed by atoms with Crippen LogP contribution in [0.2, 0.25) is 5.02 Å². The van der Waals surface area contributed by atoms with Gasteiger partial charge in [0.25, 0.3) is 6.02 Å². The lowest BCUT2D eigenvalue weighted by Crippen LogP contribution is -2.17. The van der Waals surface area contributed by atoms with E-state index in [0.717, 1.165) is 11.4 Å². The van der Waals surface area contributed by atoms with Gasteiger partial charge in [-0.05, 0) is 42.4 Å². The predicted molar refractivity (Wildman–Crippen MR) is 68.3 cm³/mol. The SMILES string of the molecule is NC1=NC(CC2(c3ccc(Cl)cc3)CC2)CO1. The second-order valence-electron chi connectivity index (χ2n) is 4.92. The summed E-state index contributed by atoms with van der Waals surface area (Å²) >= 11 is 5.91. The summed E-state index contributed by atoms with van der Waals surface area (Å²) in [5.74, 6) is 0. The van der Waals surface area contributed by atoms with Crippen LogP contribution in [0.1, 0.15) is 24.8 Å². The molecule has 1 atom stereocenters. The molecule has 2 aliphatic rings. The number of aliphatic imine (C=N–C) groups is 1. The van der Waals surface area contributed by atoms with Crippen molar-refractivity contribution in [1.29, 1.82) is 0 Å². The lowest BCUT2D eigenvalue weighted by molar-refractivity contribution is 0.299. The molecule has 0 bridgehead atoms. The van der Waals surface area contributed by atoms with Crippen LogP contribution in [0.25, 0.3) is 0 Å². The Bertz CT molecular complexity index is 451. The number of hydrogen-bond acceptors (Lipinski definition) is 3. The average Bonchev–Trinajstić information content (AvgIpc) is 2.97. The summed E-state index contributed by atoms with van der Waals surface area (Å²) < 4.78 is 5.20. The van der Waals surface area contributed by atoms with Crippen LogP contribution in [-0.4, -0.2) is 18.7 Å². The molecule has 0 radical (unpaired) electrons. The molecule has 0 amide bonds. The summed E-state index contributed by atoms with van der Waals surface area (Å²) in [5, 5.41) is 0.788. The van der Waals surface area contributed by atoms with Gasteiger partial charge >= 0.3 is 0 Å². The van der Waals surface area contributed by atoms with E-state index in [9.17, 15) is 0 Å². The fourth-order valence-electron chi connectivity index (χ4n) is 2.56. The van der Waals surface area contributed by atoms with E-state index in [1.165, 1.54) is 18.4 Å². The molecule has 1 fully saturated rings. The van der Waals surface area contributed by atoms with Crippen LogP contribution in [-0.2, 0) is 10.2 Å². The molecule has 0 spiro atoms. The first-order valence-electron chi connectivity index (χ1n) is 5.90. The molecule has 90 valence electrons. The predicted octanol–water partition coefficient (Wildman–Crippen LogP) is 2.48. The van der Waals surface area contributed by atoms with Gasteiger partial charge in [0.1, 0.15) is 6.61 Å². The highest BCUT2D eigenvalue weighted by atomic mass is 35.5. The maximum Gasteiger partial charge on any atom is 0.282 e. The van der Waals surface area contributed by atoms with Crippen molar-refractivity contribution in [3.05, 3.63) is 34.9 Å². The van der Waals surface area contributed by atoms with Gasteiger partial charge in [0, 0.05) is 5.02 Å². The zero-order valence-electron chi connectivity index (χ0n) is 9.53. The molecule has 1 aliphatic carbocycles. The van der Waals surface area contributed by atoms with Gasteiger partial charge in [0.05, 0.1) is 6.04 Å². The number of benzene rings is 1. The average molecular weight is 251 g/mol. The standard InChI is InChI=1S/C13H15ClN2O/c14-10-3-1-9(2-4-10)13(5-6-13)7-11-8-17-12(15)16-11/h1-4,11H,5-8H2,(H2,15,16). The van der Waals surface area contributed by atoms with Crippen molar-refractivity contribution < 1.29 is 4.74 Å². The Morgan fingerprint density at radius 1 is 1.35 bits per heavy atom. The minimum absolute atomic E-state index is 0.216. The first kappa shape index (κ1) is 10.9. The summed E-state index contributed by atoms with van der Waals surface area (Å²) in [6.07, 6.45) is 3.47. The third-order valence-electron chi connectivity index (χ3n) is 3.67. The molecule has 17 heavy (non-hydrogen) atoms. The van der Waals surface area contributed by atoms with E-state index in [2.05, 4.69) is 17.1 Å². The summed E-state index contributed by atoms with van der Waals surface area (Å²) in [6.45, 7) is 0.626. The first-order valence-corrected chi connectivity index (χ1v) is 6.28. The molecule has 1 saturated carbocycles. The molecule has 3 rings (SSSR count). The smallest absolute Gasteiger partial charge is 0.282 e. The van der Waals surface area contributed by atoms with Gasteiger partial charge in [-0.3, -0.25) is 0 Å². The van der Waals surface area contributed by atoms with Crippen molar-refractivity contribution >= 4 is 17.6 Å². The number of nitrogens with zero attached hydrogens (tertiary/aromatic N) is 1. The maximum absolute atomic E-state index is 5.91. The van der Waals surface area contributed by atoms with Crippen LogP contribution in [0.3, 0.4) is 0 Å². The van der Waals surface area contributed by atoms with Gasteiger partial charge in [-0.1, -0.05) is 23.7 Å². The minimum Gasteiger partial charge on any atom is -0.463 e. The molecule has 0 aromatic heterocycles. The molecule has 2 N–H and O–H groups in total. The Morgan fingerprint density at radius 3 is 2.59 bits per heavy atom. The quantitative estimate of drug-likeness (QED) is 0.896. The lowest BCUT2D eigenvalue weighted by atomic mass is 9.89. The van der Waals surface area contributed by atoms with Gasteiger partial charge in [-0.2, -0.15) is 0 Å².